The average molecular weight is 364 g/mol. The zero-order valence-electron chi connectivity index (χ0n) is 14.5. The molecule has 3 rings (SSSR count). The molecule has 0 radical (unpaired) electrons. The maximum absolute atomic E-state index is 12.2. The lowest BCUT2D eigenvalue weighted by molar-refractivity contribution is 0.372. The van der Waals surface area contributed by atoms with Gasteiger partial charge >= 0.3 is 0 Å². The number of sulfonamides is 1. The molecule has 0 spiro atoms. The molecule has 1 aromatic carbocycles. The SMILES string of the molecule is CC(C)CNS(=O)(=O)c1ccc(-c2nc(C3(N)CCCC3)no2)cc1. The molecule has 1 heterocycles. The second-order valence-electron chi connectivity index (χ2n) is 7.06. The van der Waals surface area contributed by atoms with Crippen LogP contribution in [-0.4, -0.2) is 25.1 Å². The number of aromatic nitrogens is 2. The fourth-order valence-corrected chi connectivity index (χ4v) is 4.12. The molecule has 1 aliphatic carbocycles. The van der Waals surface area contributed by atoms with E-state index in [1.807, 2.05) is 13.8 Å². The third-order valence-corrected chi connectivity index (χ3v) is 5.90. The number of benzene rings is 1. The van der Waals surface area contributed by atoms with Gasteiger partial charge in [-0.2, -0.15) is 4.98 Å². The molecule has 2 aromatic rings. The highest BCUT2D eigenvalue weighted by Gasteiger charge is 2.36. The van der Waals surface area contributed by atoms with E-state index in [1.165, 1.54) is 12.1 Å². The summed E-state index contributed by atoms with van der Waals surface area (Å²) in [6.45, 7) is 4.30. The largest absolute Gasteiger partial charge is 0.334 e. The predicted molar refractivity (Wildman–Crippen MR) is 94.1 cm³/mol. The van der Waals surface area contributed by atoms with E-state index in [0.717, 1.165) is 25.7 Å². The first-order chi connectivity index (χ1) is 11.8. The van der Waals surface area contributed by atoms with Crippen molar-refractivity contribution >= 4 is 10.0 Å². The minimum absolute atomic E-state index is 0.211. The van der Waals surface area contributed by atoms with Crippen LogP contribution in [0.5, 0.6) is 0 Å². The van der Waals surface area contributed by atoms with Gasteiger partial charge in [0.25, 0.3) is 5.89 Å². The Morgan fingerprint density at radius 3 is 2.48 bits per heavy atom. The molecule has 0 unspecified atom stereocenters. The van der Waals surface area contributed by atoms with Crippen LogP contribution in [0.4, 0.5) is 0 Å². The Morgan fingerprint density at radius 2 is 1.88 bits per heavy atom. The zero-order chi connectivity index (χ0) is 18.1. The van der Waals surface area contributed by atoms with Gasteiger partial charge in [0.15, 0.2) is 5.82 Å². The van der Waals surface area contributed by atoms with Gasteiger partial charge < -0.3 is 10.3 Å². The highest BCUT2D eigenvalue weighted by molar-refractivity contribution is 7.89. The average Bonchev–Trinajstić information content (AvgIpc) is 3.23. The van der Waals surface area contributed by atoms with Crippen molar-refractivity contribution in [1.29, 1.82) is 0 Å². The van der Waals surface area contributed by atoms with Crippen molar-refractivity contribution in [2.75, 3.05) is 6.54 Å². The maximum atomic E-state index is 12.2. The maximum Gasteiger partial charge on any atom is 0.257 e. The molecule has 0 bridgehead atoms. The molecular weight excluding hydrogens is 340 g/mol. The fraction of sp³-hybridized carbons (Fsp3) is 0.529. The standard InChI is InChI=1S/C17H24N4O3S/c1-12(2)11-19-25(22,23)14-7-5-13(6-8-14)15-20-16(21-24-15)17(18)9-3-4-10-17/h5-8,12,19H,3-4,9-11,18H2,1-2H3. The van der Waals surface area contributed by atoms with Gasteiger partial charge in [-0.3, -0.25) is 0 Å². The van der Waals surface area contributed by atoms with Crippen molar-refractivity contribution < 1.29 is 12.9 Å². The highest BCUT2D eigenvalue weighted by atomic mass is 32.2. The first kappa shape index (κ1) is 18.0. The number of hydrogen-bond acceptors (Lipinski definition) is 6. The number of nitrogens with zero attached hydrogens (tertiary/aromatic N) is 2. The molecule has 8 heteroatoms. The molecule has 0 saturated heterocycles. The lowest BCUT2D eigenvalue weighted by Gasteiger charge is -2.17. The zero-order valence-corrected chi connectivity index (χ0v) is 15.3. The van der Waals surface area contributed by atoms with E-state index in [4.69, 9.17) is 10.3 Å². The van der Waals surface area contributed by atoms with Crippen molar-refractivity contribution in [3.05, 3.63) is 30.1 Å². The smallest absolute Gasteiger partial charge is 0.257 e. The van der Waals surface area contributed by atoms with Crippen LogP contribution in [0.25, 0.3) is 11.5 Å². The van der Waals surface area contributed by atoms with E-state index < -0.39 is 15.6 Å². The Kier molecular flexibility index (Phi) is 4.95. The van der Waals surface area contributed by atoms with E-state index in [-0.39, 0.29) is 10.8 Å². The Labute approximate surface area is 148 Å². The Bertz CT molecular complexity index is 822. The summed E-state index contributed by atoms with van der Waals surface area (Å²) in [5.41, 5.74) is 6.50. The van der Waals surface area contributed by atoms with Crippen LogP contribution in [0, 0.1) is 5.92 Å². The van der Waals surface area contributed by atoms with Gasteiger partial charge in [0.1, 0.15) is 0 Å². The summed E-state index contributed by atoms with van der Waals surface area (Å²) in [4.78, 5) is 4.63. The molecule has 1 aliphatic rings. The van der Waals surface area contributed by atoms with Crippen molar-refractivity contribution in [2.24, 2.45) is 11.7 Å². The van der Waals surface area contributed by atoms with Gasteiger partial charge in [-0.1, -0.05) is 31.8 Å². The number of nitrogens with one attached hydrogen (secondary N) is 1. The first-order valence-electron chi connectivity index (χ1n) is 8.53. The third-order valence-electron chi connectivity index (χ3n) is 4.46. The quantitative estimate of drug-likeness (QED) is 0.814. The summed E-state index contributed by atoms with van der Waals surface area (Å²) in [5, 5.41) is 4.02. The summed E-state index contributed by atoms with van der Waals surface area (Å²) in [6, 6.07) is 6.41. The molecule has 1 fully saturated rings. The number of nitrogens with two attached hydrogens (primary N) is 1. The van der Waals surface area contributed by atoms with Gasteiger partial charge in [0.05, 0.1) is 10.4 Å². The van der Waals surface area contributed by atoms with Crippen LogP contribution < -0.4 is 10.5 Å². The van der Waals surface area contributed by atoms with Crippen molar-refractivity contribution in [2.45, 2.75) is 50.0 Å². The normalized spacial score (nSPS) is 17.3. The molecule has 0 amide bonds. The monoisotopic (exact) mass is 364 g/mol. The van der Waals surface area contributed by atoms with E-state index >= 15 is 0 Å². The van der Waals surface area contributed by atoms with E-state index in [0.29, 0.717) is 23.8 Å². The highest BCUT2D eigenvalue weighted by Crippen LogP contribution is 2.35. The fourth-order valence-electron chi connectivity index (χ4n) is 2.91. The molecule has 25 heavy (non-hydrogen) atoms. The van der Waals surface area contributed by atoms with Gasteiger partial charge in [-0.25, -0.2) is 13.1 Å². The summed E-state index contributed by atoms with van der Waals surface area (Å²) in [6.07, 6.45) is 3.84. The van der Waals surface area contributed by atoms with Gasteiger partial charge in [0.2, 0.25) is 10.0 Å². The lowest BCUT2D eigenvalue weighted by atomic mass is 9.99. The second-order valence-corrected chi connectivity index (χ2v) is 8.82. The van der Waals surface area contributed by atoms with Crippen LogP contribution in [0.1, 0.15) is 45.4 Å². The molecule has 1 saturated carbocycles. The second kappa shape index (κ2) is 6.86. The van der Waals surface area contributed by atoms with Gasteiger partial charge in [-0.05, 0) is 43.0 Å². The summed E-state index contributed by atoms with van der Waals surface area (Å²) >= 11 is 0. The summed E-state index contributed by atoms with van der Waals surface area (Å²) in [5.74, 6) is 1.12. The van der Waals surface area contributed by atoms with E-state index in [2.05, 4.69) is 14.9 Å². The predicted octanol–water partition coefficient (Wildman–Crippen LogP) is 2.40. The van der Waals surface area contributed by atoms with Crippen molar-refractivity contribution in [1.82, 2.24) is 14.9 Å². The van der Waals surface area contributed by atoms with Crippen molar-refractivity contribution in [3.8, 4) is 11.5 Å². The lowest BCUT2D eigenvalue weighted by Crippen LogP contribution is -2.34. The molecule has 0 atom stereocenters. The molecular formula is C17H24N4O3S. The minimum atomic E-state index is -3.51. The summed E-state index contributed by atoms with van der Waals surface area (Å²) in [7, 11) is -3.51. The molecule has 7 nitrogen and oxygen atoms in total. The van der Waals surface area contributed by atoms with Crippen LogP contribution >= 0.6 is 0 Å². The topological polar surface area (TPSA) is 111 Å². The van der Waals surface area contributed by atoms with Crippen molar-refractivity contribution in [3.63, 3.8) is 0 Å². The molecule has 0 aliphatic heterocycles. The van der Waals surface area contributed by atoms with Gasteiger partial charge in [-0.15, -0.1) is 0 Å². The first-order valence-corrected chi connectivity index (χ1v) is 10.0. The Morgan fingerprint density at radius 1 is 1.24 bits per heavy atom. The van der Waals surface area contributed by atoms with Crippen LogP contribution in [0.2, 0.25) is 0 Å². The number of hydrogen-bond donors (Lipinski definition) is 2. The van der Waals surface area contributed by atoms with E-state index in [9.17, 15) is 8.42 Å². The molecule has 3 N–H and O–H groups in total. The molecule has 136 valence electrons. The molecule has 1 aromatic heterocycles. The Hall–Kier alpha value is -1.77. The van der Waals surface area contributed by atoms with Crippen LogP contribution in [0.3, 0.4) is 0 Å². The number of rotatable bonds is 6. The van der Waals surface area contributed by atoms with Crippen LogP contribution in [-0.2, 0) is 15.6 Å². The minimum Gasteiger partial charge on any atom is -0.334 e. The van der Waals surface area contributed by atoms with Crippen LogP contribution in [0.15, 0.2) is 33.7 Å². The Balaban J connectivity index is 1.78. The summed E-state index contributed by atoms with van der Waals surface area (Å²) < 4.78 is 32.4. The van der Waals surface area contributed by atoms with E-state index in [1.54, 1.807) is 12.1 Å². The third kappa shape index (κ3) is 3.91. The van der Waals surface area contributed by atoms with Gasteiger partial charge in [0, 0.05) is 12.1 Å².